The van der Waals surface area contributed by atoms with Gasteiger partial charge < -0.3 is 5.32 Å². The molecule has 1 amide bonds. The monoisotopic (exact) mass is 207 g/mol. The quantitative estimate of drug-likeness (QED) is 0.639. The first-order valence-electron chi connectivity index (χ1n) is 5.98. The molecule has 0 aromatic heterocycles. The van der Waals surface area contributed by atoms with Crippen LogP contribution in [0.5, 0.6) is 0 Å². The van der Waals surface area contributed by atoms with Gasteiger partial charge in [0.05, 0.1) is 0 Å². The maximum Gasteiger partial charge on any atom is 0.247 e. The van der Waals surface area contributed by atoms with E-state index in [9.17, 15) is 4.79 Å². The number of unbranched alkanes of at least 4 members (excludes halogenated alkanes) is 4. The molecule has 0 aromatic carbocycles. The Kier molecular flexibility index (Phi) is 5.83. The van der Waals surface area contributed by atoms with E-state index in [4.69, 9.17) is 0 Å². The van der Waals surface area contributed by atoms with E-state index in [0.717, 1.165) is 25.0 Å². The van der Waals surface area contributed by atoms with Crippen LogP contribution in [0.1, 0.15) is 45.4 Å². The number of amides is 1. The van der Waals surface area contributed by atoms with Crippen LogP contribution in [0.15, 0.2) is 23.8 Å². The van der Waals surface area contributed by atoms with E-state index in [0.29, 0.717) is 0 Å². The molecular weight excluding hydrogens is 186 g/mol. The summed E-state index contributed by atoms with van der Waals surface area (Å²) in [5.74, 6) is 0.107. The molecule has 15 heavy (non-hydrogen) atoms. The van der Waals surface area contributed by atoms with E-state index < -0.39 is 0 Å². The van der Waals surface area contributed by atoms with Crippen molar-refractivity contribution >= 4 is 5.91 Å². The van der Waals surface area contributed by atoms with Gasteiger partial charge in [0.1, 0.15) is 0 Å². The Morgan fingerprint density at radius 2 is 2.13 bits per heavy atom. The molecule has 1 aliphatic rings. The van der Waals surface area contributed by atoms with Crippen LogP contribution in [0, 0.1) is 0 Å². The van der Waals surface area contributed by atoms with E-state index in [2.05, 4.69) is 12.2 Å². The second-order valence-corrected chi connectivity index (χ2v) is 3.99. The minimum Gasteiger partial charge on any atom is -0.352 e. The normalized spacial score (nSPS) is 14.1. The predicted octanol–water partition coefficient (Wildman–Crippen LogP) is 2.96. The molecule has 0 atom stereocenters. The van der Waals surface area contributed by atoms with Crippen molar-refractivity contribution < 1.29 is 4.79 Å². The van der Waals surface area contributed by atoms with E-state index in [1.54, 1.807) is 0 Å². The highest BCUT2D eigenvalue weighted by molar-refractivity contribution is 5.94. The van der Waals surface area contributed by atoms with Gasteiger partial charge in [-0.25, -0.2) is 0 Å². The fraction of sp³-hybridized carbons (Fsp3) is 0.615. The summed E-state index contributed by atoms with van der Waals surface area (Å²) < 4.78 is 0. The number of hydrogen-bond donors (Lipinski definition) is 1. The fourth-order valence-corrected chi connectivity index (χ4v) is 1.66. The highest BCUT2D eigenvalue weighted by atomic mass is 16.1. The molecule has 0 aromatic rings. The standard InChI is InChI=1S/C13H21NO/c1-2-3-4-5-8-11-14-13(15)12-9-6-7-10-12/h6-7,9H,2-5,8,10-11H2,1H3,(H,14,15). The van der Waals surface area contributed by atoms with Crippen LogP contribution in [0.4, 0.5) is 0 Å². The van der Waals surface area contributed by atoms with E-state index >= 15 is 0 Å². The Morgan fingerprint density at radius 3 is 2.80 bits per heavy atom. The average molecular weight is 207 g/mol. The fourth-order valence-electron chi connectivity index (χ4n) is 1.66. The summed E-state index contributed by atoms with van der Waals surface area (Å²) in [5, 5.41) is 2.95. The summed E-state index contributed by atoms with van der Waals surface area (Å²) in [6.07, 6.45) is 12.8. The van der Waals surface area contributed by atoms with Crippen molar-refractivity contribution in [1.29, 1.82) is 0 Å². The van der Waals surface area contributed by atoms with Crippen LogP contribution >= 0.6 is 0 Å². The van der Waals surface area contributed by atoms with E-state index in [1.807, 2.05) is 18.2 Å². The molecule has 0 saturated heterocycles. The second-order valence-electron chi connectivity index (χ2n) is 3.99. The van der Waals surface area contributed by atoms with Crippen LogP contribution in [0.2, 0.25) is 0 Å². The molecule has 0 unspecified atom stereocenters. The minimum absolute atomic E-state index is 0.107. The summed E-state index contributed by atoms with van der Waals surface area (Å²) in [5.41, 5.74) is 0.892. The molecule has 0 bridgehead atoms. The van der Waals surface area contributed by atoms with Gasteiger partial charge in [0.15, 0.2) is 0 Å². The molecule has 2 nitrogen and oxygen atoms in total. The third-order valence-electron chi connectivity index (χ3n) is 2.63. The van der Waals surface area contributed by atoms with Crippen molar-refractivity contribution in [2.45, 2.75) is 45.4 Å². The van der Waals surface area contributed by atoms with Gasteiger partial charge >= 0.3 is 0 Å². The van der Waals surface area contributed by atoms with Crippen molar-refractivity contribution in [3.63, 3.8) is 0 Å². The number of hydrogen-bond acceptors (Lipinski definition) is 1. The summed E-state index contributed by atoms with van der Waals surface area (Å²) in [7, 11) is 0. The number of allylic oxidation sites excluding steroid dienone is 3. The number of carbonyl (C=O) groups is 1. The van der Waals surface area contributed by atoms with Crippen LogP contribution in [-0.2, 0) is 4.79 Å². The summed E-state index contributed by atoms with van der Waals surface area (Å²) >= 11 is 0. The number of nitrogens with one attached hydrogen (secondary N) is 1. The zero-order chi connectivity index (χ0) is 10.9. The summed E-state index contributed by atoms with van der Waals surface area (Å²) in [6, 6.07) is 0. The Bertz CT molecular complexity index is 253. The van der Waals surface area contributed by atoms with Crippen LogP contribution in [0.3, 0.4) is 0 Å². The largest absolute Gasteiger partial charge is 0.352 e. The first-order valence-corrected chi connectivity index (χ1v) is 5.98. The first kappa shape index (κ1) is 12.0. The van der Waals surface area contributed by atoms with E-state index in [1.165, 1.54) is 25.7 Å². The van der Waals surface area contributed by atoms with E-state index in [-0.39, 0.29) is 5.91 Å². The Balaban J connectivity index is 1.98. The van der Waals surface area contributed by atoms with Gasteiger partial charge in [-0.3, -0.25) is 4.79 Å². The van der Waals surface area contributed by atoms with Crippen molar-refractivity contribution in [2.75, 3.05) is 6.54 Å². The van der Waals surface area contributed by atoms with Gasteiger partial charge in [-0.15, -0.1) is 0 Å². The van der Waals surface area contributed by atoms with Gasteiger partial charge in [0.25, 0.3) is 0 Å². The Morgan fingerprint density at radius 1 is 1.33 bits per heavy atom. The summed E-state index contributed by atoms with van der Waals surface area (Å²) in [4.78, 5) is 11.5. The molecule has 1 N–H and O–H groups in total. The smallest absolute Gasteiger partial charge is 0.247 e. The predicted molar refractivity (Wildman–Crippen MR) is 63.6 cm³/mol. The lowest BCUT2D eigenvalue weighted by Crippen LogP contribution is -2.25. The lowest BCUT2D eigenvalue weighted by molar-refractivity contribution is -0.117. The van der Waals surface area contributed by atoms with Crippen molar-refractivity contribution in [1.82, 2.24) is 5.32 Å². The van der Waals surface area contributed by atoms with Crippen LogP contribution in [0.25, 0.3) is 0 Å². The molecule has 0 fully saturated rings. The first-order chi connectivity index (χ1) is 7.34. The van der Waals surface area contributed by atoms with Crippen molar-refractivity contribution in [3.05, 3.63) is 23.8 Å². The van der Waals surface area contributed by atoms with Gasteiger partial charge in [0.2, 0.25) is 5.91 Å². The molecule has 1 aliphatic carbocycles. The Labute approximate surface area is 92.4 Å². The van der Waals surface area contributed by atoms with Gasteiger partial charge in [-0.2, -0.15) is 0 Å². The average Bonchev–Trinajstić information content (AvgIpc) is 2.76. The maximum absolute atomic E-state index is 11.5. The summed E-state index contributed by atoms with van der Waals surface area (Å²) in [6.45, 7) is 3.03. The third kappa shape index (κ3) is 4.82. The van der Waals surface area contributed by atoms with Gasteiger partial charge in [-0.05, 0) is 12.8 Å². The highest BCUT2D eigenvalue weighted by Crippen LogP contribution is 2.09. The minimum atomic E-state index is 0.107. The molecule has 0 radical (unpaired) electrons. The third-order valence-corrected chi connectivity index (χ3v) is 2.63. The molecule has 0 spiro atoms. The van der Waals surface area contributed by atoms with Crippen molar-refractivity contribution in [3.8, 4) is 0 Å². The topological polar surface area (TPSA) is 29.1 Å². The second kappa shape index (κ2) is 7.27. The van der Waals surface area contributed by atoms with Crippen LogP contribution in [-0.4, -0.2) is 12.5 Å². The number of carbonyl (C=O) groups excluding carboxylic acids is 1. The van der Waals surface area contributed by atoms with Gasteiger partial charge in [-0.1, -0.05) is 50.8 Å². The van der Waals surface area contributed by atoms with Crippen LogP contribution < -0.4 is 5.32 Å². The molecule has 0 aliphatic heterocycles. The SMILES string of the molecule is CCCCCCCNC(=O)C1=CC=CC1. The zero-order valence-electron chi connectivity index (χ0n) is 9.59. The molecule has 84 valence electrons. The van der Waals surface area contributed by atoms with Crippen molar-refractivity contribution in [2.24, 2.45) is 0 Å². The molecule has 1 rings (SSSR count). The Hall–Kier alpha value is -1.05. The lowest BCUT2D eigenvalue weighted by Gasteiger charge is -2.05. The van der Waals surface area contributed by atoms with Gasteiger partial charge in [0, 0.05) is 12.1 Å². The molecule has 0 heterocycles. The highest BCUT2D eigenvalue weighted by Gasteiger charge is 2.08. The zero-order valence-corrected chi connectivity index (χ0v) is 9.59. The number of rotatable bonds is 7. The molecule has 2 heteroatoms. The molecular formula is C13H21NO. The maximum atomic E-state index is 11.5. The molecule has 0 saturated carbocycles. The lowest BCUT2D eigenvalue weighted by atomic mass is 10.1.